The van der Waals surface area contributed by atoms with Crippen LogP contribution in [-0.2, 0) is 11.3 Å². The summed E-state index contributed by atoms with van der Waals surface area (Å²) in [5.74, 6) is 0.141. The topological polar surface area (TPSA) is 53.7 Å². The first-order chi connectivity index (χ1) is 7.72. The third kappa shape index (κ3) is 4.98. The lowest BCUT2D eigenvalue weighted by molar-refractivity contribution is -0.137. The van der Waals surface area contributed by atoms with Crippen molar-refractivity contribution in [3.8, 4) is 0 Å². The smallest absolute Gasteiger partial charge is 0.304 e. The number of unbranched alkanes of at least 4 members (excludes halogenated alkanes) is 1. The van der Waals surface area contributed by atoms with Crippen LogP contribution < -0.4 is 0 Å². The van der Waals surface area contributed by atoms with Gasteiger partial charge in [-0.1, -0.05) is 13.3 Å². The highest BCUT2D eigenvalue weighted by molar-refractivity contribution is 5.66. The Balaban J connectivity index is 2.39. The van der Waals surface area contributed by atoms with Crippen molar-refractivity contribution in [3.63, 3.8) is 0 Å². The predicted molar refractivity (Wildman–Crippen MR) is 61.1 cm³/mol. The van der Waals surface area contributed by atoms with Crippen molar-refractivity contribution in [1.82, 2.24) is 4.90 Å². The van der Waals surface area contributed by atoms with Crippen molar-refractivity contribution in [2.24, 2.45) is 0 Å². The minimum atomic E-state index is -0.749. The maximum absolute atomic E-state index is 10.5. The van der Waals surface area contributed by atoms with E-state index in [1.165, 1.54) is 0 Å². The monoisotopic (exact) mass is 225 g/mol. The van der Waals surface area contributed by atoms with Crippen LogP contribution >= 0.6 is 0 Å². The number of furan rings is 1. The number of nitrogens with zero attached hydrogens (tertiary/aromatic N) is 1. The maximum atomic E-state index is 10.5. The van der Waals surface area contributed by atoms with Crippen molar-refractivity contribution in [1.29, 1.82) is 0 Å². The summed E-state index contributed by atoms with van der Waals surface area (Å²) in [4.78, 5) is 12.7. The zero-order valence-electron chi connectivity index (χ0n) is 9.69. The summed E-state index contributed by atoms with van der Waals surface area (Å²) in [6.45, 7) is 4.32. The molecule has 4 nitrogen and oxygen atoms in total. The van der Waals surface area contributed by atoms with Gasteiger partial charge in [0.25, 0.3) is 0 Å². The van der Waals surface area contributed by atoms with Gasteiger partial charge in [-0.15, -0.1) is 0 Å². The third-order valence-electron chi connectivity index (χ3n) is 2.43. The highest BCUT2D eigenvalue weighted by atomic mass is 16.4. The predicted octanol–water partition coefficient (Wildman–Crippen LogP) is 2.36. The SMILES string of the molecule is CCCCN(CCC(=O)O)Cc1ccco1. The molecule has 0 saturated carbocycles. The van der Waals surface area contributed by atoms with Crippen LogP contribution in [0.25, 0.3) is 0 Å². The summed E-state index contributed by atoms with van der Waals surface area (Å²) in [5.41, 5.74) is 0. The van der Waals surface area contributed by atoms with E-state index in [2.05, 4.69) is 11.8 Å². The normalized spacial score (nSPS) is 10.9. The lowest BCUT2D eigenvalue weighted by Gasteiger charge is -2.19. The molecule has 0 saturated heterocycles. The van der Waals surface area contributed by atoms with Gasteiger partial charge in [-0.2, -0.15) is 0 Å². The van der Waals surface area contributed by atoms with Crippen molar-refractivity contribution < 1.29 is 14.3 Å². The lowest BCUT2D eigenvalue weighted by Crippen LogP contribution is -2.26. The molecule has 0 bridgehead atoms. The second-order valence-corrected chi connectivity index (χ2v) is 3.85. The first-order valence-corrected chi connectivity index (χ1v) is 5.69. The summed E-state index contributed by atoms with van der Waals surface area (Å²) in [7, 11) is 0. The largest absolute Gasteiger partial charge is 0.481 e. The fourth-order valence-electron chi connectivity index (χ4n) is 1.53. The minimum absolute atomic E-state index is 0.185. The van der Waals surface area contributed by atoms with Crippen molar-refractivity contribution in [2.45, 2.75) is 32.7 Å². The molecule has 0 atom stereocenters. The fraction of sp³-hybridized carbons (Fsp3) is 0.583. The summed E-state index contributed by atoms with van der Waals surface area (Å²) in [6, 6.07) is 3.77. The van der Waals surface area contributed by atoms with Crippen LogP contribution in [0.15, 0.2) is 22.8 Å². The Morgan fingerprint density at radius 2 is 2.31 bits per heavy atom. The molecule has 0 aromatic carbocycles. The summed E-state index contributed by atoms with van der Waals surface area (Å²) in [5, 5.41) is 8.66. The van der Waals surface area contributed by atoms with Gasteiger partial charge in [-0.25, -0.2) is 0 Å². The maximum Gasteiger partial charge on any atom is 0.304 e. The van der Waals surface area contributed by atoms with Crippen molar-refractivity contribution in [2.75, 3.05) is 13.1 Å². The number of hydrogen-bond acceptors (Lipinski definition) is 3. The van der Waals surface area contributed by atoms with E-state index in [0.29, 0.717) is 13.1 Å². The number of carbonyl (C=O) groups is 1. The van der Waals surface area contributed by atoms with E-state index in [9.17, 15) is 4.79 Å². The number of carboxylic acid groups (broad SMARTS) is 1. The van der Waals surface area contributed by atoms with Gasteiger partial charge < -0.3 is 9.52 Å². The van der Waals surface area contributed by atoms with E-state index >= 15 is 0 Å². The first-order valence-electron chi connectivity index (χ1n) is 5.69. The van der Waals surface area contributed by atoms with E-state index in [4.69, 9.17) is 9.52 Å². The van der Waals surface area contributed by atoms with Crippen LogP contribution in [0.3, 0.4) is 0 Å². The summed E-state index contributed by atoms with van der Waals surface area (Å²) in [6.07, 6.45) is 4.02. The van der Waals surface area contributed by atoms with Gasteiger partial charge in [-0.3, -0.25) is 9.69 Å². The molecule has 1 N–H and O–H groups in total. The lowest BCUT2D eigenvalue weighted by atomic mass is 10.2. The quantitative estimate of drug-likeness (QED) is 0.738. The van der Waals surface area contributed by atoms with E-state index in [1.54, 1.807) is 6.26 Å². The Bertz CT molecular complexity index is 295. The van der Waals surface area contributed by atoms with Gasteiger partial charge in [-0.05, 0) is 25.1 Å². The van der Waals surface area contributed by atoms with E-state index in [-0.39, 0.29) is 6.42 Å². The zero-order chi connectivity index (χ0) is 11.8. The number of rotatable bonds is 8. The van der Waals surface area contributed by atoms with E-state index < -0.39 is 5.97 Å². The Kier molecular flexibility index (Phi) is 5.64. The second kappa shape index (κ2) is 7.06. The highest BCUT2D eigenvalue weighted by Gasteiger charge is 2.09. The molecule has 90 valence electrons. The summed E-state index contributed by atoms with van der Waals surface area (Å²) < 4.78 is 5.26. The van der Waals surface area contributed by atoms with Crippen LogP contribution in [0.4, 0.5) is 0 Å². The average molecular weight is 225 g/mol. The zero-order valence-corrected chi connectivity index (χ0v) is 9.69. The molecule has 0 amide bonds. The molecule has 1 heterocycles. The van der Waals surface area contributed by atoms with Gasteiger partial charge in [0.15, 0.2) is 0 Å². The highest BCUT2D eigenvalue weighted by Crippen LogP contribution is 2.07. The molecule has 0 unspecified atom stereocenters. The fourth-order valence-corrected chi connectivity index (χ4v) is 1.53. The Morgan fingerprint density at radius 3 is 2.88 bits per heavy atom. The molecule has 1 rings (SSSR count). The minimum Gasteiger partial charge on any atom is -0.481 e. The molecule has 1 aromatic heterocycles. The first kappa shape index (κ1) is 12.8. The average Bonchev–Trinajstić information content (AvgIpc) is 2.74. The van der Waals surface area contributed by atoms with Crippen LogP contribution in [0.5, 0.6) is 0 Å². The van der Waals surface area contributed by atoms with Crippen molar-refractivity contribution >= 4 is 5.97 Å². The molecule has 0 aliphatic carbocycles. The van der Waals surface area contributed by atoms with Crippen LogP contribution in [-0.4, -0.2) is 29.1 Å². The molecule has 0 aliphatic rings. The van der Waals surface area contributed by atoms with Gasteiger partial charge >= 0.3 is 5.97 Å². The third-order valence-corrected chi connectivity index (χ3v) is 2.43. The summed E-state index contributed by atoms with van der Waals surface area (Å²) >= 11 is 0. The molecule has 0 spiro atoms. The van der Waals surface area contributed by atoms with Crippen LogP contribution in [0.1, 0.15) is 31.9 Å². The van der Waals surface area contributed by atoms with Gasteiger partial charge in [0.1, 0.15) is 5.76 Å². The number of aliphatic carboxylic acids is 1. The van der Waals surface area contributed by atoms with E-state index in [1.807, 2.05) is 12.1 Å². The molecular formula is C12H19NO3. The van der Waals surface area contributed by atoms with E-state index in [0.717, 1.165) is 25.1 Å². The second-order valence-electron chi connectivity index (χ2n) is 3.85. The number of hydrogen-bond donors (Lipinski definition) is 1. The Labute approximate surface area is 95.9 Å². The molecule has 1 aromatic rings. The van der Waals surface area contributed by atoms with Crippen LogP contribution in [0.2, 0.25) is 0 Å². The number of carboxylic acids is 1. The van der Waals surface area contributed by atoms with Crippen LogP contribution in [0, 0.1) is 0 Å². The molecule has 0 radical (unpaired) electrons. The van der Waals surface area contributed by atoms with Gasteiger partial charge in [0.2, 0.25) is 0 Å². The van der Waals surface area contributed by atoms with Crippen molar-refractivity contribution in [3.05, 3.63) is 24.2 Å². The Hall–Kier alpha value is -1.29. The molecule has 0 fully saturated rings. The van der Waals surface area contributed by atoms with Gasteiger partial charge in [0, 0.05) is 6.54 Å². The molecular weight excluding hydrogens is 206 g/mol. The molecule has 0 aliphatic heterocycles. The standard InChI is InChI=1S/C12H19NO3/c1-2-3-7-13(8-6-12(14)15)10-11-5-4-9-16-11/h4-5,9H,2-3,6-8,10H2,1H3,(H,14,15). The molecule has 4 heteroatoms. The van der Waals surface area contributed by atoms with Gasteiger partial charge in [0.05, 0.1) is 19.2 Å². The molecule has 16 heavy (non-hydrogen) atoms. The Morgan fingerprint density at radius 1 is 1.50 bits per heavy atom.